The minimum absolute atomic E-state index is 0.204. The van der Waals surface area contributed by atoms with Gasteiger partial charge in [0.2, 0.25) is 5.91 Å². The molecule has 0 saturated heterocycles. The fourth-order valence-corrected chi connectivity index (χ4v) is 5.56. The zero-order chi connectivity index (χ0) is 27.4. The first-order valence-electron chi connectivity index (χ1n) is 10.4. The van der Waals surface area contributed by atoms with Crippen molar-refractivity contribution in [1.82, 2.24) is 9.44 Å². The molecule has 37 heavy (non-hydrogen) atoms. The van der Waals surface area contributed by atoms with Gasteiger partial charge in [0.05, 0.1) is 20.7 Å². The van der Waals surface area contributed by atoms with Gasteiger partial charge in [-0.15, -0.1) is 0 Å². The molecule has 0 radical (unpaired) electrons. The first-order valence-corrected chi connectivity index (χ1v) is 14.2. The van der Waals surface area contributed by atoms with Gasteiger partial charge in [0, 0.05) is 29.6 Å². The number of sulfonamides is 2. The predicted molar refractivity (Wildman–Crippen MR) is 144 cm³/mol. The second-order valence-electron chi connectivity index (χ2n) is 7.51. The van der Waals surface area contributed by atoms with Crippen molar-refractivity contribution in [1.29, 1.82) is 0 Å². The first kappa shape index (κ1) is 28.0. The summed E-state index contributed by atoms with van der Waals surface area (Å²) in [5.74, 6) is -2.27. The van der Waals surface area contributed by atoms with Gasteiger partial charge in [-0.2, -0.15) is 0 Å². The van der Waals surface area contributed by atoms with E-state index in [1.54, 1.807) is 23.0 Å². The molecular formula is C23H19N3O7S4. The van der Waals surface area contributed by atoms with Gasteiger partial charge in [0.1, 0.15) is 0 Å². The fourth-order valence-electron chi connectivity index (χ4n) is 3.25. The summed E-state index contributed by atoms with van der Waals surface area (Å²) >= 11 is 9.77. The highest BCUT2D eigenvalue weighted by Crippen LogP contribution is 2.30. The van der Waals surface area contributed by atoms with Gasteiger partial charge < -0.3 is 0 Å². The van der Waals surface area contributed by atoms with E-state index in [1.165, 1.54) is 53.4 Å². The van der Waals surface area contributed by atoms with Crippen molar-refractivity contribution < 1.29 is 31.2 Å². The molecule has 3 rings (SSSR count). The Morgan fingerprint density at radius 3 is 1.78 bits per heavy atom. The van der Waals surface area contributed by atoms with Crippen LogP contribution in [0.5, 0.6) is 0 Å². The summed E-state index contributed by atoms with van der Waals surface area (Å²) in [5.41, 5.74) is 0.716. The molecule has 0 fully saturated rings. The van der Waals surface area contributed by atoms with Gasteiger partial charge in [-0.3, -0.25) is 19.3 Å². The largest absolute Gasteiger partial charge is 0.277 e. The molecule has 1 aliphatic rings. The highest BCUT2D eigenvalue weighted by molar-refractivity contribution is 7.90. The summed E-state index contributed by atoms with van der Waals surface area (Å²) in [5, 5.41) is 0.650. The number of rotatable bonds is 8. The van der Waals surface area contributed by atoms with Crippen molar-refractivity contribution in [2.24, 2.45) is 0 Å². The molecule has 3 amide bonds. The number of thiocarbonyl (C=S) groups is 2. The second kappa shape index (κ2) is 11.2. The van der Waals surface area contributed by atoms with Gasteiger partial charge in [-0.25, -0.2) is 26.3 Å². The van der Waals surface area contributed by atoms with Crippen LogP contribution in [0.4, 0.5) is 11.4 Å². The third-order valence-corrected chi connectivity index (χ3v) is 8.28. The lowest BCUT2D eigenvalue weighted by Crippen LogP contribution is -2.32. The minimum atomic E-state index is -4.20. The van der Waals surface area contributed by atoms with E-state index in [2.05, 4.69) is 12.2 Å². The van der Waals surface area contributed by atoms with Crippen LogP contribution in [-0.4, -0.2) is 44.8 Å². The maximum Gasteiger partial charge on any atom is 0.268 e. The fraction of sp³-hybridized carbons (Fsp3) is 0.0870. The Morgan fingerprint density at radius 1 is 0.865 bits per heavy atom. The Bertz CT molecular complexity index is 1560. The van der Waals surface area contributed by atoms with E-state index in [-0.39, 0.29) is 26.7 Å². The van der Waals surface area contributed by atoms with Crippen LogP contribution in [0.1, 0.15) is 13.3 Å². The molecule has 0 spiro atoms. The normalized spacial score (nSPS) is 13.3. The van der Waals surface area contributed by atoms with E-state index in [1.807, 2.05) is 4.72 Å². The average molecular weight is 578 g/mol. The number of benzene rings is 2. The van der Waals surface area contributed by atoms with Gasteiger partial charge in [-0.1, -0.05) is 36.6 Å². The Morgan fingerprint density at radius 2 is 1.35 bits per heavy atom. The molecule has 0 saturated carbocycles. The SMILES string of the molecule is CC(=O)NS(=O)(=O)c1ccc(N(C(=O)C2=CC=CCC2=S)c2ccc(S(=O)(=O)NC(=O)C=S)cc2)cc1. The van der Waals surface area contributed by atoms with Crippen LogP contribution < -0.4 is 14.3 Å². The molecule has 192 valence electrons. The third-order valence-electron chi connectivity index (χ3n) is 4.87. The molecule has 0 aliphatic heterocycles. The molecule has 2 aromatic rings. The number of hydrogen-bond donors (Lipinski definition) is 2. The zero-order valence-corrected chi connectivity index (χ0v) is 22.3. The number of nitrogens with zero attached hydrogens (tertiary/aromatic N) is 1. The number of anilines is 2. The van der Waals surface area contributed by atoms with E-state index in [9.17, 15) is 31.2 Å². The maximum atomic E-state index is 13.6. The number of carbonyl (C=O) groups excluding carboxylic acids is 3. The molecular weight excluding hydrogens is 559 g/mol. The molecule has 0 atom stereocenters. The second-order valence-corrected chi connectivity index (χ2v) is 11.6. The summed E-state index contributed by atoms with van der Waals surface area (Å²) in [7, 11) is -8.31. The third kappa shape index (κ3) is 6.60. The number of hydrogen-bond acceptors (Lipinski definition) is 9. The molecule has 2 aromatic carbocycles. The van der Waals surface area contributed by atoms with Crippen molar-refractivity contribution in [2.45, 2.75) is 23.1 Å². The highest BCUT2D eigenvalue weighted by atomic mass is 32.2. The number of amides is 3. The molecule has 0 bridgehead atoms. The quantitative estimate of drug-likeness (QED) is 0.451. The van der Waals surface area contributed by atoms with Gasteiger partial charge in [0.15, 0.2) is 0 Å². The van der Waals surface area contributed by atoms with Crippen LogP contribution in [0, 0.1) is 0 Å². The molecule has 14 heteroatoms. The van der Waals surface area contributed by atoms with E-state index >= 15 is 0 Å². The Labute approximate surface area is 224 Å². The smallest absolute Gasteiger partial charge is 0.268 e. The lowest BCUT2D eigenvalue weighted by atomic mass is 10.0. The van der Waals surface area contributed by atoms with Crippen molar-refractivity contribution in [3.8, 4) is 0 Å². The maximum absolute atomic E-state index is 13.6. The number of allylic oxidation sites excluding steroid dienone is 3. The molecule has 2 N–H and O–H groups in total. The topological polar surface area (TPSA) is 147 Å². The zero-order valence-electron chi connectivity index (χ0n) is 19.1. The molecule has 10 nitrogen and oxygen atoms in total. The highest BCUT2D eigenvalue weighted by Gasteiger charge is 2.26. The summed E-state index contributed by atoms with van der Waals surface area (Å²) in [6.45, 7) is 1.06. The van der Waals surface area contributed by atoms with Gasteiger partial charge in [-0.05, 0) is 54.6 Å². The standard InChI is InChI=1S/C23H19N3O7S4/c1-15(27)24-36(30,31)18-10-6-16(7-11-18)26(23(29)20-4-2-3-5-21(20)35)17-8-12-19(13-9-17)37(32,33)25-22(28)14-34/h2-4,6-14H,5H2,1H3,(H,24,27)(H,25,28). The van der Waals surface area contributed by atoms with Crippen molar-refractivity contribution in [3.05, 3.63) is 72.3 Å². The van der Waals surface area contributed by atoms with E-state index in [0.717, 1.165) is 6.92 Å². The summed E-state index contributed by atoms with van der Waals surface area (Å²) in [6, 6.07) is 10.2. The molecule has 0 heterocycles. The molecule has 0 aromatic heterocycles. The first-order chi connectivity index (χ1) is 17.4. The Balaban J connectivity index is 2.06. The Hall–Kier alpha value is -3.59. The van der Waals surface area contributed by atoms with Crippen LogP contribution in [0.3, 0.4) is 0 Å². The van der Waals surface area contributed by atoms with E-state index in [4.69, 9.17) is 12.2 Å². The monoisotopic (exact) mass is 577 g/mol. The van der Waals surface area contributed by atoms with Crippen molar-refractivity contribution in [2.75, 3.05) is 4.90 Å². The van der Waals surface area contributed by atoms with Crippen molar-refractivity contribution in [3.63, 3.8) is 0 Å². The van der Waals surface area contributed by atoms with Crippen LogP contribution in [0.15, 0.2) is 82.1 Å². The van der Waals surface area contributed by atoms with Gasteiger partial charge >= 0.3 is 0 Å². The van der Waals surface area contributed by atoms with E-state index < -0.39 is 37.8 Å². The van der Waals surface area contributed by atoms with Crippen LogP contribution >= 0.6 is 24.4 Å². The molecule has 1 aliphatic carbocycles. The van der Waals surface area contributed by atoms with Crippen LogP contribution in [0.25, 0.3) is 0 Å². The average Bonchev–Trinajstić information content (AvgIpc) is 2.84. The minimum Gasteiger partial charge on any atom is -0.277 e. The van der Waals surface area contributed by atoms with E-state index in [0.29, 0.717) is 16.7 Å². The number of nitrogens with one attached hydrogen (secondary N) is 2. The van der Waals surface area contributed by atoms with Crippen LogP contribution in [-0.2, 0) is 34.4 Å². The van der Waals surface area contributed by atoms with Gasteiger partial charge in [0.25, 0.3) is 31.9 Å². The lowest BCUT2D eigenvalue weighted by molar-refractivity contribution is -0.117. The lowest BCUT2D eigenvalue weighted by Gasteiger charge is -2.25. The van der Waals surface area contributed by atoms with Crippen molar-refractivity contribution >= 4 is 83.8 Å². The summed E-state index contributed by atoms with van der Waals surface area (Å²) in [4.78, 5) is 37.4. The molecule has 0 unspecified atom stereocenters. The summed E-state index contributed by atoms with van der Waals surface area (Å²) < 4.78 is 53.0. The summed E-state index contributed by atoms with van der Waals surface area (Å²) in [6.07, 6.45) is 5.40. The predicted octanol–water partition coefficient (Wildman–Crippen LogP) is 2.24. The van der Waals surface area contributed by atoms with Crippen LogP contribution in [0.2, 0.25) is 0 Å². The number of carbonyl (C=O) groups is 3. The Kier molecular flexibility index (Phi) is 8.48.